The number of aliphatic hydroxyl groups is 1. The molecule has 1 atom stereocenters. The van der Waals surface area contributed by atoms with Crippen LogP contribution in [-0.2, 0) is 9.59 Å². The number of anilines is 1. The molecule has 1 aromatic carbocycles. The Morgan fingerprint density at radius 1 is 1.45 bits per heavy atom. The van der Waals surface area contributed by atoms with E-state index in [1.165, 1.54) is 0 Å². The summed E-state index contributed by atoms with van der Waals surface area (Å²) in [5.41, 5.74) is 0.973. The van der Waals surface area contributed by atoms with E-state index in [1.54, 1.807) is 25.1 Å². The highest BCUT2D eigenvalue weighted by molar-refractivity contribution is 6.31. The lowest BCUT2D eigenvalue weighted by Crippen LogP contribution is -2.30. The number of aliphatic hydroxyl groups excluding tert-OH is 1. The highest BCUT2D eigenvalue weighted by atomic mass is 35.5. The minimum atomic E-state index is -0.320. The molecule has 2 amide bonds. The van der Waals surface area contributed by atoms with E-state index in [0.717, 1.165) is 4.90 Å². The van der Waals surface area contributed by atoms with Crippen LogP contribution in [0.1, 0.15) is 25.3 Å². The Balaban J connectivity index is 2.45. The molecule has 104 valence electrons. The number of benzene rings is 1. The molecule has 0 bridgehead atoms. The van der Waals surface area contributed by atoms with Crippen molar-refractivity contribution < 1.29 is 14.7 Å². The topological polar surface area (TPSA) is 57.6 Å². The molecule has 1 saturated heterocycles. The fraction of sp³-hybridized carbons (Fsp3) is 0.333. The van der Waals surface area contributed by atoms with E-state index < -0.39 is 0 Å². The highest BCUT2D eigenvalue weighted by Gasteiger charge is 2.37. The monoisotopic (exact) mass is 291 g/mol. The van der Waals surface area contributed by atoms with Crippen molar-refractivity contribution in [3.63, 3.8) is 0 Å². The lowest BCUT2D eigenvalue weighted by atomic mass is 10.1. The van der Waals surface area contributed by atoms with Gasteiger partial charge in [-0.05, 0) is 18.2 Å². The number of amides is 2. The molecule has 0 radical (unpaired) electrons. The zero-order chi connectivity index (χ0) is 14.7. The number of rotatable bonds is 2. The molecule has 1 N–H and O–H groups in total. The molecule has 20 heavy (non-hydrogen) atoms. The maximum atomic E-state index is 12.1. The molecule has 0 saturated carbocycles. The van der Waals surface area contributed by atoms with Crippen molar-refractivity contribution in [3.8, 4) is 11.8 Å². The van der Waals surface area contributed by atoms with Gasteiger partial charge in [0.2, 0.25) is 11.8 Å². The molecular weight excluding hydrogens is 278 g/mol. The average Bonchev–Trinajstić information content (AvgIpc) is 2.65. The number of hydrogen-bond acceptors (Lipinski definition) is 3. The van der Waals surface area contributed by atoms with Gasteiger partial charge in [-0.15, -0.1) is 0 Å². The Morgan fingerprint density at radius 3 is 2.80 bits per heavy atom. The summed E-state index contributed by atoms with van der Waals surface area (Å²) in [6, 6.07) is 4.90. The second kappa shape index (κ2) is 6.08. The molecule has 1 aromatic rings. The van der Waals surface area contributed by atoms with Gasteiger partial charge in [0.05, 0.1) is 12.3 Å². The van der Waals surface area contributed by atoms with Gasteiger partial charge in [0.1, 0.15) is 0 Å². The lowest BCUT2D eigenvalue weighted by Gasteiger charge is -2.16. The summed E-state index contributed by atoms with van der Waals surface area (Å²) in [5.74, 6) is 4.85. The Bertz CT molecular complexity index is 615. The van der Waals surface area contributed by atoms with Crippen molar-refractivity contribution in [2.45, 2.75) is 19.8 Å². The average molecular weight is 292 g/mol. The molecule has 1 unspecified atom stereocenters. The van der Waals surface area contributed by atoms with E-state index >= 15 is 0 Å². The quantitative estimate of drug-likeness (QED) is 0.669. The van der Waals surface area contributed by atoms with Crippen LogP contribution in [0.3, 0.4) is 0 Å². The zero-order valence-corrected chi connectivity index (χ0v) is 11.8. The first kappa shape index (κ1) is 14.6. The van der Waals surface area contributed by atoms with Gasteiger partial charge in [-0.2, -0.15) is 0 Å². The lowest BCUT2D eigenvalue weighted by molar-refractivity contribution is -0.122. The molecule has 5 heteroatoms. The van der Waals surface area contributed by atoms with E-state index in [1.807, 2.05) is 0 Å². The van der Waals surface area contributed by atoms with Crippen LogP contribution in [0, 0.1) is 17.8 Å². The number of carbonyl (C=O) groups excluding carboxylic acids is 2. The van der Waals surface area contributed by atoms with Gasteiger partial charge in [-0.3, -0.25) is 9.59 Å². The van der Waals surface area contributed by atoms with Gasteiger partial charge < -0.3 is 5.11 Å². The second-order valence-corrected chi connectivity index (χ2v) is 5.05. The van der Waals surface area contributed by atoms with Crippen molar-refractivity contribution in [2.24, 2.45) is 5.92 Å². The summed E-state index contributed by atoms with van der Waals surface area (Å²) in [6.07, 6.45) is 0.537. The maximum Gasteiger partial charge on any atom is 0.237 e. The van der Waals surface area contributed by atoms with Crippen LogP contribution in [0.4, 0.5) is 5.69 Å². The molecule has 1 aliphatic heterocycles. The van der Waals surface area contributed by atoms with Crippen molar-refractivity contribution in [2.75, 3.05) is 11.5 Å². The molecule has 0 aromatic heterocycles. The third-order valence-electron chi connectivity index (χ3n) is 3.03. The Hall–Kier alpha value is -1.83. The molecule has 0 aliphatic carbocycles. The number of imide groups is 1. The minimum absolute atomic E-state index is 0.0332. The largest absolute Gasteiger partial charge is 0.395 e. The van der Waals surface area contributed by atoms with Crippen LogP contribution in [0.15, 0.2) is 18.2 Å². The van der Waals surface area contributed by atoms with E-state index in [0.29, 0.717) is 22.7 Å². The fourth-order valence-corrected chi connectivity index (χ4v) is 2.21. The molecule has 0 spiro atoms. The summed E-state index contributed by atoms with van der Waals surface area (Å²) in [7, 11) is 0. The first-order valence-corrected chi connectivity index (χ1v) is 6.68. The summed E-state index contributed by atoms with van der Waals surface area (Å²) >= 11 is 5.95. The van der Waals surface area contributed by atoms with Crippen LogP contribution in [0.2, 0.25) is 5.02 Å². The van der Waals surface area contributed by atoms with Gasteiger partial charge in [-0.1, -0.05) is 30.4 Å². The van der Waals surface area contributed by atoms with Gasteiger partial charge in [0, 0.05) is 29.3 Å². The van der Waals surface area contributed by atoms with Crippen LogP contribution < -0.4 is 4.90 Å². The standard InChI is InChI=1S/C15H14ClNO3/c1-10-8-14(19)17(15(10)20)13-9-12(16)6-5-11(13)4-2-3-7-18/h5-6,9-10,18H,3,7-8H2,1H3. The third kappa shape index (κ3) is 2.84. The summed E-state index contributed by atoms with van der Waals surface area (Å²) < 4.78 is 0. The van der Waals surface area contributed by atoms with Crippen molar-refractivity contribution in [1.29, 1.82) is 0 Å². The number of hydrogen-bond donors (Lipinski definition) is 1. The molecular formula is C15H14ClNO3. The maximum absolute atomic E-state index is 12.1. The first-order valence-electron chi connectivity index (χ1n) is 6.30. The minimum Gasteiger partial charge on any atom is -0.395 e. The number of halogens is 1. The predicted octanol–water partition coefficient (Wildman–Crippen LogP) is 1.97. The van der Waals surface area contributed by atoms with Gasteiger partial charge >= 0.3 is 0 Å². The SMILES string of the molecule is CC1CC(=O)N(c2cc(Cl)ccc2C#CCCO)C1=O. The fourth-order valence-electron chi connectivity index (χ4n) is 2.05. The van der Waals surface area contributed by atoms with Gasteiger partial charge in [0.15, 0.2) is 0 Å². The summed E-state index contributed by atoms with van der Waals surface area (Å²) in [4.78, 5) is 25.2. The van der Waals surface area contributed by atoms with Crippen molar-refractivity contribution in [3.05, 3.63) is 28.8 Å². The number of nitrogens with zero attached hydrogens (tertiary/aromatic N) is 1. The highest BCUT2D eigenvalue weighted by Crippen LogP contribution is 2.30. The third-order valence-corrected chi connectivity index (χ3v) is 3.27. The van der Waals surface area contributed by atoms with Gasteiger partial charge in [0.25, 0.3) is 0 Å². The molecule has 1 heterocycles. The van der Waals surface area contributed by atoms with E-state index in [4.69, 9.17) is 16.7 Å². The van der Waals surface area contributed by atoms with Crippen LogP contribution >= 0.6 is 11.6 Å². The van der Waals surface area contributed by atoms with E-state index in [2.05, 4.69) is 11.8 Å². The smallest absolute Gasteiger partial charge is 0.237 e. The Labute approximate surface area is 122 Å². The van der Waals surface area contributed by atoms with E-state index in [9.17, 15) is 9.59 Å². The predicted molar refractivity (Wildman–Crippen MR) is 76.3 cm³/mol. The Morgan fingerprint density at radius 2 is 2.20 bits per heavy atom. The van der Waals surface area contributed by atoms with Gasteiger partial charge in [-0.25, -0.2) is 4.90 Å². The summed E-state index contributed by atoms with van der Waals surface area (Å²) in [6.45, 7) is 1.69. The van der Waals surface area contributed by atoms with E-state index in [-0.39, 0.29) is 30.8 Å². The van der Waals surface area contributed by atoms with Crippen LogP contribution in [0.25, 0.3) is 0 Å². The van der Waals surface area contributed by atoms with Crippen LogP contribution in [0.5, 0.6) is 0 Å². The molecule has 4 nitrogen and oxygen atoms in total. The van der Waals surface area contributed by atoms with Crippen LogP contribution in [-0.4, -0.2) is 23.5 Å². The van der Waals surface area contributed by atoms with Crippen molar-refractivity contribution >= 4 is 29.1 Å². The molecule has 1 fully saturated rings. The second-order valence-electron chi connectivity index (χ2n) is 4.61. The zero-order valence-electron chi connectivity index (χ0n) is 11.0. The summed E-state index contributed by atoms with van der Waals surface area (Å²) in [5, 5.41) is 9.18. The van der Waals surface area contributed by atoms with Crippen molar-refractivity contribution in [1.82, 2.24) is 0 Å². The first-order chi connectivity index (χ1) is 9.54. The molecule has 2 rings (SSSR count). The number of carbonyl (C=O) groups is 2. The Kier molecular flexibility index (Phi) is 4.43. The molecule has 1 aliphatic rings. The normalized spacial score (nSPS) is 18.1.